The Labute approximate surface area is 137 Å². The first-order valence-corrected chi connectivity index (χ1v) is 7.37. The summed E-state index contributed by atoms with van der Waals surface area (Å²) in [4.78, 5) is 24.6. The number of methoxy groups -OCH3 is 1. The smallest absolute Gasteiger partial charge is 0.394 e. The average molecular weight is 345 g/mol. The molecule has 1 amide bonds. The van der Waals surface area contributed by atoms with Crippen molar-refractivity contribution in [2.24, 2.45) is 11.8 Å². The molecule has 1 fully saturated rings. The number of rotatable bonds is 4. The van der Waals surface area contributed by atoms with Crippen molar-refractivity contribution in [3.05, 3.63) is 29.8 Å². The van der Waals surface area contributed by atoms with Gasteiger partial charge in [0.25, 0.3) is 0 Å². The highest BCUT2D eigenvalue weighted by Crippen LogP contribution is 2.38. The molecule has 132 valence electrons. The number of benzene rings is 1. The molecule has 0 bridgehead atoms. The summed E-state index contributed by atoms with van der Waals surface area (Å²) in [5.41, 5.74) is 0.628. The average Bonchev–Trinajstić information content (AvgIpc) is 2.99. The molecule has 2 rings (SSSR count). The van der Waals surface area contributed by atoms with Crippen LogP contribution in [0, 0.1) is 11.8 Å². The monoisotopic (exact) mass is 345 g/mol. The number of carboxylic acid groups (broad SMARTS) is 1. The Kier molecular flexibility index (Phi) is 5.05. The van der Waals surface area contributed by atoms with E-state index in [-0.39, 0.29) is 0 Å². The molecule has 1 saturated heterocycles. The van der Waals surface area contributed by atoms with Crippen LogP contribution in [0.15, 0.2) is 24.3 Å². The third-order valence-electron chi connectivity index (χ3n) is 4.36. The molecule has 8 heteroatoms. The fraction of sp³-hybridized carbons (Fsp3) is 0.500. The lowest BCUT2D eigenvalue weighted by atomic mass is 9.96. The molecule has 0 saturated carbocycles. The van der Waals surface area contributed by atoms with Crippen LogP contribution in [0.5, 0.6) is 5.75 Å². The number of likely N-dealkylation sites (tertiary alicyclic amines) is 1. The van der Waals surface area contributed by atoms with Gasteiger partial charge in [0.2, 0.25) is 5.91 Å². The number of nitrogens with zero attached hydrogens (tertiary/aromatic N) is 1. The quantitative estimate of drug-likeness (QED) is 0.911. The summed E-state index contributed by atoms with van der Waals surface area (Å²) in [5.74, 6) is -5.79. The highest BCUT2D eigenvalue weighted by atomic mass is 19.4. The lowest BCUT2D eigenvalue weighted by Gasteiger charge is -2.22. The second kappa shape index (κ2) is 6.70. The van der Waals surface area contributed by atoms with Gasteiger partial charge in [0.05, 0.1) is 24.9 Å². The van der Waals surface area contributed by atoms with E-state index in [1.807, 2.05) is 0 Å². The summed E-state index contributed by atoms with van der Waals surface area (Å²) in [7, 11) is 1.50. The van der Waals surface area contributed by atoms with Gasteiger partial charge >= 0.3 is 12.1 Å². The van der Waals surface area contributed by atoms with Crippen LogP contribution >= 0.6 is 0 Å². The number of amides is 1. The van der Waals surface area contributed by atoms with Gasteiger partial charge in [-0.3, -0.25) is 9.59 Å². The van der Waals surface area contributed by atoms with Crippen LogP contribution in [-0.2, 0) is 9.59 Å². The summed E-state index contributed by atoms with van der Waals surface area (Å²) in [6, 6.07) is 6.63. The van der Waals surface area contributed by atoms with Crippen LogP contribution in [0.1, 0.15) is 18.4 Å². The van der Waals surface area contributed by atoms with Gasteiger partial charge in [-0.05, 0) is 24.6 Å². The van der Waals surface area contributed by atoms with E-state index in [4.69, 9.17) is 9.84 Å². The number of halogens is 3. The van der Waals surface area contributed by atoms with Crippen molar-refractivity contribution < 1.29 is 32.6 Å². The van der Waals surface area contributed by atoms with Crippen LogP contribution in [0.3, 0.4) is 0 Å². The zero-order valence-corrected chi connectivity index (χ0v) is 13.2. The number of carbonyl (C=O) groups excluding carboxylic acids is 1. The summed E-state index contributed by atoms with van der Waals surface area (Å²) in [5, 5.41) is 9.01. The van der Waals surface area contributed by atoms with Gasteiger partial charge in [-0.25, -0.2) is 0 Å². The Hall–Kier alpha value is -2.25. The van der Waals surface area contributed by atoms with Crippen molar-refractivity contribution in [3.63, 3.8) is 0 Å². The largest absolute Gasteiger partial charge is 0.497 e. The molecular weight excluding hydrogens is 327 g/mol. The highest BCUT2D eigenvalue weighted by molar-refractivity contribution is 5.84. The van der Waals surface area contributed by atoms with E-state index in [0.29, 0.717) is 11.3 Å². The molecule has 1 N–H and O–H groups in total. The first kappa shape index (κ1) is 18.1. The highest BCUT2D eigenvalue weighted by Gasteiger charge is 2.53. The molecule has 1 unspecified atom stereocenters. The Morgan fingerprint density at radius 1 is 1.25 bits per heavy atom. The lowest BCUT2D eigenvalue weighted by Crippen LogP contribution is -2.34. The van der Waals surface area contributed by atoms with Gasteiger partial charge in [0, 0.05) is 13.1 Å². The van der Waals surface area contributed by atoms with E-state index >= 15 is 0 Å². The molecule has 0 aromatic heterocycles. The van der Waals surface area contributed by atoms with Gasteiger partial charge in [0.1, 0.15) is 5.75 Å². The van der Waals surface area contributed by atoms with Crippen LogP contribution in [0.2, 0.25) is 0 Å². The van der Waals surface area contributed by atoms with Crippen molar-refractivity contribution in [2.75, 3.05) is 20.2 Å². The fourth-order valence-electron chi connectivity index (χ4n) is 2.87. The van der Waals surface area contributed by atoms with Gasteiger partial charge in [-0.15, -0.1) is 0 Å². The number of carbonyl (C=O) groups is 2. The number of alkyl halides is 3. The predicted molar refractivity (Wildman–Crippen MR) is 78.7 cm³/mol. The molecule has 1 aromatic carbocycles. The Morgan fingerprint density at radius 3 is 2.25 bits per heavy atom. The maximum atomic E-state index is 13.0. The van der Waals surface area contributed by atoms with Gasteiger partial charge in [-0.1, -0.05) is 12.1 Å². The number of ether oxygens (including phenoxy) is 1. The maximum Gasteiger partial charge on any atom is 0.394 e. The van der Waals surface area contributed by atoms with Crippen molar-refractivity contribution in [1.82, 2.24) is 4.90 Å². The summed E-state index contributed by atoms with van der Waals surface area (Å²) in [6.07, 6.45) is -4.65. The van der Waals surface area contributed by atoms with Crippen LogP contribution in [0.25, 0.3) is 0 Å². The molecule has 5 nitrogen and oxygen atoms in total. The molecule has 1 heterocycles. The van der Waals surface area contributed by atoms with Crippen molar-refractivity contribution in [3.8, 4) is 5.75 Å². The first-order chi connectivity index (χ1) is 11.1. The first-order valence-electron chi connectivity index (χ1n) is 7.37. The Balaban J connectivity index is 2.15. The summed E-state index contributed by atoms with van der Waals surface area (Å²) >= 11 is 0. The summed E-state index contributed by atoms with van der Waals surface area (Å²) < 4.78 is 44.0. The third-order valence-corrected chi connectivity index (χ3v) is 4.36. The van der Waals surface area contributed by atoms with Gasteiger partial charge in [0.15, 0.2) is 0 Å². The van der Waals surface area contributed by atoms with E-state index in [1.54, 1.807) is 31.2 Å². The normalized spacial score (nSPS) is 22.3. The second-order valence-electron chi connectivity index (χ2n) is 5.83. The molecule has 0 aliphatic carbocycles. The number of aliphatic carboxylic acids is 1. The molecule has 1 aliphatic rings. The van der Waals surface area contributed by atoms with Crippen molar-refractivity contribution >= 4 is 11.9 Å². The SMILES string of the molecule is COc1ccc(C(C)C(=O)N2C[C@@H](C(F)(F)F)[C@H](C(=O)O)C2)cc1. The molecule has 0 radical (unpaired) electrons. The van der Waals surface area contributed by atoms with E-state index in [9.17, 15) is 22.8 Å². The topological polar surface area (TPSA) is 66.8 Å². The van der Waals surface area contributed by atoms with E-state index in [2.05, 4.69) is 0 Å². The fourth-order valence-corrected chi connectivity index (χ4v) is 2.87. The predicted octanol–water partition coefficient (Wildman–Crippen LogP) is 2.52. The lowest BCUT2D eigenvalue weighted by molar-refractivity contribution is -0.188. The third kappa shape index (κ3) is 3.63. The molecular formula is C16H18F3NO4. The molecule has 1 aromatic rings. The van der Waals surface area contributed by atoms with E-state index in [1.165, 1.54) is 7.11 Å². The molecule has 3 atom stereocenters. The van der Waals surface area contributed by atoms with E-state index < -0.39 is 48.9 Å². The van der Waals surface area contributed by atoms with E-state index in [0.717, 1.165) is 4.90 Å². The van der Waals surface area contributed by atoms with Crippen LogP contribution in [0.4, 0.5) is 13.2 Å². The minimum absolute atomic E-state index is 0.432. The maximum absolute atomic E-state index is 13.0. The zero-order chi connectivity index (χ0) is 18.1. The zero-order valence-electron chi connectivity index (χ0n) is 13.2. The molecule has 24 heavy (non-hydrogen) atoms. The number of hydrogen-bond donors (Lipinski definition) is 1. The van der Waals surface area contributed by atoms with Crippen LogP contribution < -0.4 is 4.74 Å². The van der Waals surface area contributed by atoms with Gasteiger partial charge < -0.3 is 14.7 Å². The van der Waals surface area contributed by atoms with Crippen LogP contribution in [-0.4, -0.2) is 48.3 Å². The van der Waals surface area contributed by atoms with Gasteiger partial charge in [-0.2, -0.15) is 13.2 Å². The number of carboxylic acids is 1. The van der Waals surface area contributed by atoms with Crippen molar-refractivity contribution in [2.45, 2.75) is 19.0 Å². The molecule has 0 spiro atoms. The Bertz CT molecular complexity index is 615. The standard InChI is InChI=1S/C16H18F3NO4/c1-9(10-3-5-11(24-2)6-4-10)14(21)20-7-12(15(22)23)13(8-20)16(17,18)19/h3-6,9,12-13H,7-8H2,1-2H3,(H,22,23)/t9?,12-,13-/m1/s1. The minimum atomic E-state index is -4.65. The van der Waals surface area contributed by atoms with Crippen molar-refractivity contribution in [1.29, 1.82) is 0 Å². The summed E-state index contributed by atoms with van der Waals surface area (Å²) in [6.45, 7) is 0.527. The Morgan fingerprint density at radius 2 is 1.83 bits per heavy atom. The number of hydrogen-bond acceptors (Lipinski definition) is 3. The minimum Gasteiger partial charge on any atom is -0.497 e. The second-order valence-corrected chi connectivity index (χ2v) is 5.83. The molecule has 1 aliphatic heterocycles.